The van der Waals surface area contributed by atoms with Gasteiger partial charge in [0.25, 0.3) is 15.9 Å². The van der Waals surface area contributed by atoms with Crippen LogP contribution in [-0.4, -0.2) is 78.1 Å². The lowest BCUT2D eigenvalue weighted by molar-refractivity contribution is -0.242. The van der Waals surface area contributed by atoms with Gasteiger partial charge in [-0.05, 0) is 51.8 Å². The predicted molar refractivity (Wildman–Crippen MR) is 142 cm³/mol. The van der Waals surface area contributed by atoms with Gasteiger partial charge in [-0.3, -0.25) is 19.1 Å². The summed E-state index contributed by atoms with van der Waals surface area (Å²) in [6, 6.07) is 3.75. The van der Waals surface area contributed by atoms with Crippen molar-refractivity contribution in [3.63, 3.8) is 0 Å². The van der Waals surface area contributed by atoms with Crippen LogP contribution < -0.4 is 19.1 Å². The van der Waals surface area contributed by atoms with E-state index in [9.17, 15) is 41.4 Å². The molecule has 0 saturated carbocycles. The molecule has 1 aliphatic heterocycles. The fourth-order valence-corrected chi connectivity index (χ4v) is 5.59. The van der Waals surface area contributed by atoms with Gasteiger partial charge in [-0.2, -0.15) is 13.2 Å². The van der Waals surface area contributed by atoms with Gasteiger partial charge in [0.15, 0.2) is 4.90 Å². The molecule has 234 valence electrons. The second-order valence-electron chi connectivity index (χ2n) is 9.89. The molecule has 0 spiro atoms. The van der Waals surface area contributed by atoms with Crippen molar-refractivity contribution in [2.45, 2.75) is 69.9 Å². The van der Waals surface area contributed by atoms with Crippen molar-refractivity contribution in [1.82, 2.24) is 9.78 Å². The summed E-state index contributed by atoms with van der Waals surface area (Å²) >= 11 is 0. The fourth-order valence-electron chi connectivity index (χ4n) is 4.02. The first-order valence-electron chi connectivity index (χ1n) is 13.0. The van der Waals surface area contributed by atoms with E-state index in [-0.39, 0.29) is 60.4 Å². The van der Waals surface area contributed by atoms with Gasteiger partial charge in [0.2, 0.25) is 5.60 Å². The highest BCUT2D eigenvalue weighted by molar-refractivity contribution is 7.93. The Morgan fingerprint density at radius 1 is 1.26 bits per heavy atom. The monoisotopic (exact) mass is 622 g/mol. The number of carboxylic acids is 1. The summed E-state index contributed by atoms with van der Waals surface area (Å²) in [4.78, 5) is 23.6. The minimum atomic E-state index is -4.85. The van der Waals surface area contributed by atoms with Crippen LogP contribution in [0.2, 0.25) is 0 Å². The van der Waals surface area contributed by atoms with Crippen molar-refractivity contribution in [2.24, 2.45) is 5.92 Å². The zero-order valence-electron chi connectivity index (χ0n) is 23.3. The molecule has 0 bridgehead atoms. The number of anilines is 2. The molecule has 1 aromatic heterocycles. The number of rotatable bonds is 12. The summed E-state index contributed by atoms with van der Waals surface area (Å²) < 4.78 is 85.7. The van der Waals surface area contributed by atoms with Crippen LogP contribution in [0.5, 0.6) is 11.6 Å². The first kappa shape index (κ1) is 32.8. The van der Waals surface area contributed by atoms with E-state index >= 15 is 0 Å². The van der Waals surface area contributed by atoms with Crippen LogP contribution in [0, 0.1) is 5.92 Å². The molecule has 42 heavy (non-hydrogen) atoms. The maximum absolute atomic E-state index is 14.1. The number of halogens is 3. The topological polar surface area (TPSA) is 170 Å². The summed E-state index contributed by atoms with van der Waals surface area (Å²) in [7, 11) is -4.49. The third-order valence-electron chi connectivity index (χ3n) is 6.48. The molecule has 2 heterocycles. The molecule has 1 aromatic carbocycles. The Hall–Kier alpha value is -3.73. The smallest absolute Gasteiger partial charge is 0.427 e. The molecule has 0 fully saturated rings. The summed E-state index contributed by atoms with van der Waals surface area (Å²) in [6.45, 7) is 4.03. The number of aromatic nitrogens is 2. The summed E-state index contributed by atoms with van der Waals surface area (Å²) in [5.74, 6) is -2.17. The van der Waals surface area contributed by atoms with E-state index in [1.54, 1.807) is 13.8 Å². The van der Waals surface area contributed by atoms with Crippen LogP contribution in [0.3, 0.4) is 0 Å². The molecule has 2 atom stereocenters. The zero-order valence-corrected chi connectivity index (χ0v) is 24.2. The number of fused-ring (bicyclic) bond motifs is 1. The van der Waals surface area contributed by atoms with E-state index in [4.69, 9.17) is 9.47 Å². The quantitative estimate of drug-likeness (QED) is 0.318. The number of carbonyl (C=O) groups is 2. The number of alkyl halides is 3. The highest BCUT2D eigenvalue weighted by Gasteiger charge is 2.51. The number of nitrogens with one attached hydrogen (secondary N) is 1. The molecule has 1 amide bonds. The molecule has 0 aliphatic carbocycles. The van der Waals surface area contributed by atoms with E-state index in [0.717, 1.165) is 4.31 Å². The Balaban J connectivity index is 2.04. The largest absolute Gasteiger partial charge is 0.486 e. The maximum atomic E-state index is 14.1. The number of hydrogen-bond donors (Lipinski definition) is 3. The van der Waals surface area contributed by atoms with Crippen LogP contribution in [0.15, 0.2) is 29.3 Å². The predicted octanol–water partition coefficient (Wildman–Crippen LogP) is 3.62. The van der Waals surface area contributed by atoms with Crippen molar-refractivity contribution in [3.8, 4) is 11.6 Å². The van der Waals surface area contributed by atoms with Crippen LogP contribution in [0.25, 0.3) is 0 Å². The average molecular weight is 623 g/mol. The average Bonchev–Trinajstić information content (AvgIpc) is 3.33. The Morgan fingerprint density at radius 2 is 1.95 bits per heavy atom. The molecule has 3 N–H and O–H groups in total. The summed E-state index contributed by atoms with van der Waals surface area (Å²) in [6.07, 6.45) is -5.71. The number of amides is 1. The lowest BCUT2D eigenvalue weighted by Gasteiger charge is -2.36. The first-order valence-corrected chi connectivity index (χ1v) is 14.4. The number of aryl methyl sites for hydroxylation is 1. The van der Waals surface area contributed by atoms with Crippen LogP contribution >= 0.6 is 0 Å². The van der Waals surface area contributed by atoms with Crippen molar-refractivity contribution >= 4 is 33.5 Å². The lowest BCUT2D eigenvalue weighted by atomic mass is 9.98. The number of aliphatic hydroxyl groups is 1. The minimum absolute atomic E-state index is 0.0188. The van der Waals surface area contributed by atoms with E-state index in [1.807, 2.05) is 0 Å². The van der Waals surface area contributed by atoms with Gasteiger partial charge >= 0.3 is 18.2 Å². The van der Waals surface area contributed by atoms with E-state index in [1.165, 1.54) is 29.1 Å². The molecule has 0 unspecified atom stereocenters. The second kappa shape index (κ2) is 12.6. The fraction of sp³-hybridized carbons (Fsp3) is 0.560. The molecular weight excluding hydrogens is 589 g/mol. The third kappa shape index (κ3) is 7.18. The molecule has 3 rings (SSSR count). The Bertz CT molecular complexity index is 1400. The van der Waals surface area contributed by atoms with Crippen LogP contribution in [0.1, 0.15) is 40.5 Å². The Kier molecular flexibility index (Phi) is 9.87. The SMILES string of the molecule is CC[C@@H](C[C@H]1CN(S(=O)(=O)c2cn(CC)nc2OCCO)c2cc(NC(=O)OC(C)(C)C(F)(F)F)ccc2O1)C(=O)O. The number of sulfonamides is 1. The number of aliphatic hydroxyl groups excluding tert-OH is 1. The zero-order chi connectivity index (χ0) is 31.5. The Morgan fingerprint density at radius 3 is 2.52 bits per heavy atom. The minimum Gasteiger partial charge on any atom is -0.486 e. The van der Waals surface area contributed by atoms with Gasteiger partial charge in [0.1, 0.15) is 18.5 Å². The molecule has 17 heteroatoms. The van der Waals surface area contributed by atoms with Crippen molar-refractivity contribution in [2.75, 3.05) is 29.4 Å². The summed E-state index contributed by atoms with van der Waals surface area (Å²) in [5, 5.41) is 25.0. The third-order valence-corrected chi connectivity index (χ3v) is 8.24. The molecule has 0 radical (unpaired) electrons. The van der Waals surface area contributed by atoms with Crippen LogP contribution in [-0.2, 0) is 26.1 Å². The van der Waals surface area contributed by atoms with Gasteiger partial charge in [0, 0.05) is 18.4 Å². The number of benzene rings is 1. The number of carboxylic acid groups (broad SMARTS) is 1. The van der Waals surface area contributed by atoms with Gasteiger partial charge in [0.05, 0.1) is 24.8 Å². The van der Waals surface area contributed by atoms with Gasteiger partial charge in [-0.25, -0.2) is 13.2 Å². The highest BCUT2D eigenvalue weighted by Crippen LogP contribution is 2.41. The molecule has 2 aromatic rings. The number of nitrogens with zero attached hydrogens (tertiary/aromatic N) is 3. The van der Waals surface area contributed by atoms with Crippen LogP contribution in [0.4, 0.5) is 29.3 Å². The first-order chi connectivity index (χ1) is 19.5. The van der Waals surface area contributed by atoms with E-state index in [2.05, 4.69) is 15.2 Å². The van der Waals surface area contributed by atoms with Crippen molar-refractivity contribution in [1.29, 1.82) is 0 Å². The van der Waals surface area contributed by atoms with E-state index < -0.39 is 52.5 Å². The van der Waals surface area contributed by atoms with Gasteiger partial charge in [-0.15, -0.1) is 5.10 Å². The molecule has 13 nitrogen and oxygen atoms in total. The molecule has 0 saturated heterocycles. The number of carbonyl (C=O) groups excluding carboxylic acids is 1. The standard InChI is InChI=1S/C25H33F3N4O9S/c1-5-15(22(34)35)11-17-13-32(42(37,38)20-14-31(6-2)30-21(20)39-10-9-33)18-12-16(7-8-19(18)40-17)29-23(36)41-24(3,4)25(26,27)28/h7-8,12,14-15,17,33H,5-6,9-11,13H2,1-4H3,(H,29,36)(H,34,35)/t15-,17-/m0/s1. The van der Waals surface area contributed by atoms with Gasteiger partial charge < -0.3 is 24.4 Å². The van der Waals surface area contributed by atoms with Gasteiger partial charge in [-0.1, -0.05) is 6.92 Å². The van der Waals surface area contributed by atoms with E-state index in [0.29, 0.717) is 13.8 Å². The highest BCUT2D eigenvalue weighted by atomic mass is 32.2. The normalized spacial score (nSPS) is 16.3. The number of hydrogen-bond acceptors (Lipinski definition) is 9. The number of ether oxygens (including phenoxy) is 3. The molecule has 1 aliphatic rings. The number of aliphatic carboxylic acids is 1. The maximum Gasteiger partial charge on any atom is 0.427 e. The lowest BCUT2D eigenvalue weighted by Crippen LogP contribution is -2.45. The second-order valence-corrected chi connectivity index (χ2v) is 11.7. The molecular formula is C25H33F3N4O9S. The Labute approximate surface area is 240 Å². The summed E-state index contributed by atoms with van der Waals surface area (Å²) in [5.41, 5.74) is -2.99. The van der Waals surface area contributed by atoms with Crippen molar-refractivity contribution in [3.05, 3.63) is 24.4 Å². The van der Waals surface area contributed by atoms with Crippen molar-refractivity contribution < 1.29 is 55.6 Å².